The Morgan fingerprint density at radius 1 is 1.57 bits per heavy atom. The summed E-state index contributed by atoms with van der Waals surface area (Å²) < 4.78 is 31.9. The minimum atomic E-state index is -4.19. The van der Waals surface area contributed by atoms with Gasteiger partial charge in [0.1, 0.15) is 6.23 Å². The smallest absolute Gasteiger partial charge is 0.382 e. The third kappa shape index (κ3) is 2.24. The van der Waals surface area contributed by atoms with Crippen LogP contribution in [0.4, 0.5) is 14.7 Å². The van der Waals surface area contributed by atoms with E-state index < -0.39 is 30.1 Å². The quantitative estimate of drug-likeness (QED) is 0.554. The molecule has 3 rings (SSSR count). The van der Waals surface area contributed by atoms with Gasteiger partial charge in [0.05, 0.1) is 12.4 Å². The number of hydrogen-bond donors (Lipinski definition) is 4. The van der Waals surface area contributed by atoms with Crippen LogP contribution in [0.5, 0.6) is 0 Å². The average Bonchev–Trinajstić information content (AvgIpc) is 2.91. The van der Waals surface area contributed by atoms with Gasteiger partial charge in [-0.3, -0.25) is 14.3 Å². The van der Waals surface area contributed by atoms with Gasteiger partial charge >= 0.3 is 6.11 Å². The van der Waals surface area contributed by atoms with Crippen molar-refractivity contribution in [3.63, 3.8) is 0 Å². The van der Waals surface area contributed by atoms with Gasteiger partial charge in [-0.1, -0.05) is 0 Å². The van der Waals surface area contributed by atoms with Crippen molar-refractivity contribution in [2.24, 2.45) is 0 Å². The van der Waals surface area contributed by atoms with Crippen molar-refractivity contribution in [1.29, 1.82) is 0 Å². The molecule has 0 unspecified atom stereocenters. The summed E-state index contributed by atoms with van der Waals surface area (Å²) in [4.78, 5) is 21.5. The number of aliphatic hydroxyl groups is 2. The van der Waals surface area contributed by atoms with Crippen molar-refractivity contribution in [2.45, 2.75) is 31.0 Å². The number of nitrogens with zero attached hydrogens (tertiary/aromatic N) is 3. The highest BCUT2D eigenvalue weighted by Crippen LogP contribution is 2.36. The SMILES string of the molecule is Nc1nc2c(ncn2[C@H]2C[C@H](O)[C@@H](C(O)(F)F)O2)c(=O)[nH]1. The highest BCUT2D eigenvalue weighted by atomic mass is 19.3. The van der Waals surface area contributed by atoms with E-state index in [9.17, 15) is 18.7 Å². The molecule has 0 bridgehead atoms. The summed E-state index contributed by atoms with van der Waals surface area (Å²) in [5.41, 5.74) is 4.83. The number of halogens is 2. The number of alkyl halides is 2. The van der Waals surface area contributed by atoms with Gasteiger partial charge in [0.15, 0.2) is 17.3 Å². The van der Waals surface area contributed by atoms with Gasteiger partial charge in [-0.15, -0.1) is 0 Å². The van der Waals surface area contributed by atoms with E-state index in [1.807, 2.05) is 0 Å². The number of nitrogen functional groups attached to an aromatic ring is 1. The van der Waals surface area contributed by atoms with Crippen LogP contribution in [0.1, 0.15) is 12.6 Å². The zero-order valence-electron chi connectivity index (χ0n) is 10.4. The van der Waals surface area contributed by atoms with E-state index in [-0.39, 0.29) is 23.5 Å². The maximum Gasteiger partial charge on any atom is 0.382 e. The molecule has 2 aromatic rings. The highest BCUT2D eigenvalue weighted by molar-refractivity contribution is 5.70. The Labute approximate surface area is 115 Å². The molecular formula is C10H11F2N5O4. The molecule has 3 atom stereocenters. The molecule has 21 heavy (non-hydrogen) atoms. The fourth-order valence-corrected chi connectivity index (χ4v) is 2.29. The van der Waals surface area contributed by atoms with Crippen LogP contribution in [0.3, 0.4) is 0 Å². The van der Waals surface area contributed by atoms with Crippen molar-refractivity contribution >= 4 is 17.1 Å². The van der Waals surface area contributed by atoms with Crippen LogP contribution in [0.25, 0.3) is 11.2 Å². The van der Waals surface area contributed by atoms with E-state index in [1.54, 1.807) is 0 Å². The van der Waals surface area contributed by atoms with Crippen molar-refractivity contribution in [2.75, 3.05) is 5.73 Å². The van der Waals surface area contributed by atoms with E-state index in [1.165, 1.54) is 10.9 Å². The van der Waals surface area contributed by atoms with E-state index >= 15 is 0 Å². The molecule has 1 saturated heterocycles. The van der Waals surface area contributed by atoms with Crippen LogP contribution in [-0.2, 0) is 4.74 Å². The second kappa shape index (κ2) is 4.44. The Bertz CT molecular complexity index is 739. The van der Waals surface area contributed by atoms with E-state index in [4.69, 9.17) is 15.6 Å². The summed E-state index contributed by atoms with van der Waals surface area (Å²) in [6.07, 6.45) is -7.94. The topological polar surface area (TPSA) is 139 Å². The molecule has 0 spiro atoms. The highest BCUT2D eigenvalue weighted by Gasteiger charge is 2.50. The number of H-pyrrole nitrogens is 1. The van der Waals surface area contributed by atoms with E-state index in [2.05, 4.69) is 15.0 Å². The Kier molecular flexibility index (Phi) is 2.93. The van der Waals surface area contributed by atoms with E-state index in [0.717, 1.165) is 0 Å². The minimum absolute atomic E-state index is 0.0374. The number of aliphatic hydroxyl groups excluding tert-OH is 1. The standard InChI is InChI=1S/C10H11F2N5O4/c11-10(12,20)6-3(18)1-4(21-6)17-2-14-5-7(17)15-9(13)16-8(5)19/h2-4,6,18,20H,1H2,(H3,13,15,16,19)/t3-,4+,6-/m0/s1. The van der Waals surface area contributed by atoms with Gasteiger partial charge < -0.3 is 20.7 Å². The number of hydrogen-bond acceptors (Lipinski definition) is 7. The molecule has 0 aliphatic carbocycles. The molecule has 0 radical (unpaired) electrons. The van der Waals surface area contributed by atoms with Crippen molar-refractivity contribution < 1.29 is 23.7 Å². The number of anilines is 1. The third-order valence-corrected chi connectivity index (χ3v) is 3.20. The predicted molar refractivity (Wildman–Crippen MR) is 64.3 cm³/mol. The molecule has 11 heteroatoms. The number of nitrogens with two attached hydrogens (primary N) is 1. The van der Waals surface area contributed by atoms with Crippen LogP contribution in [0, 0.1) is 0 Å². The first-order valence-corrected chi connectivity index (χ1v) is 5.93. The van der Waals surface area contributed by atoms with Crippen LogP contribution >= 0.6 is 0 Å². The fourth-order valence-electron chi connectivity index (χ4n) is 2.29. The lowest BCUT2D eigenvalue weighted by atomic mass is 10.1. The third-order valence-electron chi connectivity index (χ3n) is 3.20. The summed E-state index contributed by atoms with van der Waals surface area (Å²) in [6, 6.07) is 0. The number of imidazole rings is 1. The maximum absolute atomic E-state index is 12.9. The van der Waals surface area contributed by atoms with E-state index in [0.29, 0.717) is 0 Å². The van der Waals surface area contributed by atoms with Gasteiger partial charge in [0.2, 0.25) is 5.95 Å². The second-order valence-electron chi connectivity index (χ2n) is 4.68. The number of fused-ring (bicyclic) bond motifs is 1. The lowest BCUT2D eigenvalue weighted by molar-refractivity contribution is -0.281. The first kappa shape index (κ1) is 13.9. The molecule has 1 aliphatic rings. The largest absolute Gasteiger partial charge is 0.390 e. The number of ether oxygens (including phenoxy) is 1. The number of aromatic nitrogens is 4. The monoisotopic (exact) mass is 303 g/mol. The number of rotatable bonds is 2. The molecular weight excluding hydrogens is 292 g/mol. The normalized spacial score (nSPS) is 26.6. The van der Waals surface area contributed by atoms with Gasteiger partial charge in [0, 0.05) is 6.42 Å². The Morgan fingerprint density at radius 2 is 2.29 bits per heavy atom. The molecule has 0 amide bonds. The lowest BCUT2D eigenvalue weighted by Gasteiger charge is -2.19. The molecule has 9 nitrogen and oxygen atoms in total. The average molecular weight is 303 g/mol. The summed E-state index contributed by atoms with van der Waals surface area (Å²) in [5, 5.41) is 18.2. The first-order valence-electron chi connectivity index (χ1n) is 5.93. The molecule has 0 aromatic carbocycles. The lowest BCUT2D eigenvalue weighted by Crippen LogP contribution is -2.40. The number of nitrogens with one attached hydrogen (secondary N) is 1. The molecule has 2 aromatic heterocycles. The first-order chi connectivity index (χ1) is 9.77. The summed E-state index contributed by atoms with van der Waals surface area (Å²) in [7, 11) is 0. The van der Waals surface area contributed by atoms with Crippen LogP contribution in [-0.4, -0.2) is 48.0 Å². The molecule has 1 fully saturated rings. The van der Waals surface area contributed by atoms with Gasteiger partial charge in [0.25, 0.3) is 5.56 Å². The zero-order chi connectivity index (χ0) is 15.4. The summed E-state index contributed by atoms with van der Waals surface area (Å²) in [5.74, 6) is -0.170. The Hall–Kier alpha value is -2.11. The zero-order valence-corrected chi connectivity index (χ0v) is 10.4. The van der Waals surface area contributed by atoms with Crippen LogP contribution in [0.15, 0.2) is 11.1 Å². The fraction of sp³-hybridized carbons (Fsp3) is 0.500. The minimum Gasteiger partial charge on any atom is -0.390 e. The van der Waals surface area contributed by atoms with Crippen molar-refractivity contribution in [3.8, 4) is 0 Å². The second-order valence-corrected chi connectivity index (χ2v) is 4.68. The summed E-state index contributed by atoms with van der Waals surface area (Å²) >= 11 is 0. The van der Waals surface area contributed by atoms with Gasteiger partial charge in [-0.05, 0) is 0 Å². The molecule has 0 saturated carbocycles. The van der Waals surface area contributed by atoms with Crippen molar-refractivity contribution in [3.05, 3.63) is 16.7 Å². The van der Waals surface area contributed by atoms with Crippen molar-refractivity contribution in [1.82, 2.24) is 19.5 Å². The predicted octanol–water partition coefficient (Wildman–Crippen LogP) is -1.06. The molecule has 1 aliphatic heterocycles. The Morgan fingerprint density at radius 3 is 2.90 bits per heavy atom. The molecule has 3 heterocycles. The molecule has 5 N–H and O–H groups in total. The summed E-state index contributed by atoms with van der Waals surface area (Å²) in [6.45, 7) is 0. The molecule has 114 valence electrons. The van der Waals surface area contributed by atoms with Gasteiger partial charge in [-0.2, -0.15) is 13.8 Å². The Balaban J connectivity index is 2.01. The van der Waals surface area contributed by atoms with Crippen LogP contribution < -0.4 is 11.3 Å². The maximum atomic E-state index is 12.9. The number of aromatic amines is 1. The van der Waals surface area contributed by atoms with Crippen LogP contribution in [0.2, 0.25) is 0 Å². The van der Waals surface area contributed by atoms with Gasteiger partial charge in [-0.25, -0.2) is 4.98 Å².